The SMILES string of the molecule is Cn1c2nc(N3CCOCC3)nc(=O)c-2cc2cc(Cl)ccc21. The van der Waals surface area contributed by atoms with Crippen LogP contribution in [0.2, 0.25) is 5.02 Å². The summed E-state index contributed by atoms with van der Waals surface area (Å²) in [5.41, 5.74) is 1.20. The van der Waals surface area contributed by atoms with Gasteiger partial charge < -0.3 is 14.2 Å². The van der Waals surface area contributed by atoms with Crippen LogP contribution in [0.4, 0.5) is 5.95 Å². The first-order chi connectivity index (χ1) is 11.1. The maximum Gasteiger partial charge on any atom is 0.284 e. The van der Waals surface area contributed by atoms with Crippen LogP contribution >= 0.6 is 11.6 Å². The smallest absolute Gasteiger partial charge is 0.284 e. The third-order valence-electron chi connectivity index (χ3n) is 4.14. The highest BCUT2D eigenvalue weighted by Gasteiger charge is 2.20. The van der Waals surface area contributed by atoms with E-state index in [-0.39, 0.29) is 5.56 Å². The highest BCUT2D eigenvalue weighted by atomic mass is 35.5. The fourth-order valence-corrected chi connectivity index (χ4v) is 3.11. The molecular formula is C16H15ClN4O2. The predicted octanol–water partition coefficient (Wildman–Crippen LogP) is 1.92. The fraction of sp³-hybridized carbons (Fsp3) is 0.312. The Balaban J connectivity index is 1.96. The second-order valence-electron chi connectivity index (χ2n) is 5.57. The standard InChI is InChI=1S/C16H15ClN4O2/c1-20-13-3-2-11(17)8-10(13)9-12-14(20)18-16(19-15(12)22)21-4-6-23-7-5-21/h2-3,8-9H,4-7H2,1H3. The molecule has 0 bridgehead atoms. The second-order valence-corrected chi connectivity index (χ2v) is 6.01. The zero-order chi connectivity index (χ0) is 16.0. The van der Waals surface area contributed by atoms with Gasteiger partial charge in [-0.1, -0.05) is 11.6 Å². The number of rotatable bonds is 1. The summed E-state index contributed by atoms with van der Waals surface area (Å²) in [6.45, 7) is 2.63. The van der Waals surface area contributed by atoms with Crippen molar-refractivity contribution in [2.75, 3.05) is 31.2 Å². The normalized spacial score (nSPS) is 15.5. The molecule has 23 heavy (non-hydrogen) atoms. The van der Waals surface area contributed by atoms with Crippen LogP contribution in [0.3, 0.4) is 0 Å². The van der Waals surface area contributed by atoms with Crippen LogP contribution in [0.15, 0.2) is 29.1 Å². The average Bonchev–Trinajstić information content (AvgIpc) is 2.56. The summed E-state index contributed by atoms with van der Waals surface area (Å²) in [7, 11) is 1.90. The Kier molecular flexibility index (Phi) is 3.43. The predicted molar refractivity (Wildman–Crippen MR) is 89.4 cm³/mol. The Bertz CT molecular complexity index is 918. The van der Waals surface area contributed by atoms with Crippen LogP contribution in [0.25, 0.3) is 22.3 Å². The molecule has 1 fully saturated rings. The van der Waals surface area contributed by atoms with Gasteiger partial charge in [0.2, 0.25) is 5.95 Å². The van der Waals surface area contributed by atoms with E-state index in [2.05, 4.69) is 9.97 Å². The lowest BCUT2D eigenvalue weighted by molar-refractivity contribution is 0.122. The Hall–Kier alpha value is -2.18. The van der Waals surface area contributed by atoms with Crippen molar-refractivity contribution >= 4 is 28.5 Å². The number of aryl methyl sites for hydroxylation is 1. The van der Waals surface area contributed by atoms with E-state index in [1.54, 1.807) is 0 Å². The number of fused-ring (bicyclic) bond motifs is 2. The molecule has 0 aliphatic carbocycles. The van der Waals surface area contributed by atoms with Crippen molar-refractivity contribution in [3.63, 3.8) is 0 Å². The summed E-state index contributed by atoms with van der Waals surface area (Å²) in [6.07, 6.45) is 0. The number of benzene rings is 1. The summed E-state index contributed by atoms with van der Waals surface area (Å²) in [5, 5.41) is 1.53. The summed E-state index contributed by atoms with van der Waals surface area (Å²) in [6, 6.07) is 7.41. The zero-order valence-corrected chi connectivity index (χ0v) is 13.4. The van der Waals surface area contributed by atoms with Gasteiger partial charge in [-0.05, 0) is 24.3 Å². The first-order valence-corrected chi connectivity index (χ1v) is 7.81. The monoisotopic (exact) mass is 330 g/mol. The number of hydrogen-bond acceptors (Lipinski definition) is 5. The Labute approximate surface area is 137 Å². The van der Waals surface area contributed by atoms with Crippen molar-refractivity contribution in [1.82, 2.24) is 14.5 Å². The number of hydrogen-bond donors (Lipinski definition) is 0. The highest BCUT2D eigenvalue weighted by molar-refractivity contribution is 6.31. The van der Waals surface area contributed by atoms with Crippen molar-refractivity contribution in [1.29, 1.82) is 0 Å². The van der Waals surface area contributed by atoms with E-state index in [1.807, 2.05) is 40.8 Å². The van der Waals surface area contributed by atoms with Crippen LogP contribution in [-0.4, -0.2) is 40.8 Å². The van der Waals surface area contributed by atoms with Gasteiger partial charge in [0, 0.05) is 36.1 Å². The topological polar surface area (TPSA) is 60.3 Å². The average molecular weight is 331 g/mol. The molecule has 1 saturated heterocycles. The molecule has 0 amide bonds. The van der Waals surface area contributed by atoms with E-state index in [4.69, 9.17) is 16.3 Å². The summed E-state index contributed by atoms with van der Waals surface area (Å²) in [5.74, 6) is 1.09. The van der Waals surface area contributed by atoms with Gasteiger partial charge in [-0.2, -0.15) is 9.97 Å². The minimum absolute atomic E-state index is 0.269. The molecule has 1 aromatic rings. The lowest BCUT2D eigenvalue weighted by Crippen LogP contribution is -2.38. The molecule has 3 aliphatic rings. The molecule has 0 atom stereocenters. The number of ether oxygens (including phenoxy) is 1. The molecule has 3 aliphatic heterocycles. The summed E-state index contributed by atoms with van der Waals surface area (Å²) in [4.78, 5) is 23.2. The van der Waals surface area contributed by atoms with Crippen LogP contribution < -0.4 is 10.5 Å². The van der Waals surface area contributed by atoms with Crippen LogP contribution in [0.1, 0.15) is 0 Å². The van der Waals surface area contributed by atoms with E-state index in [0.29, 0.717) is 48.7 Å². The maximum atomic E-state index is 12.5. The third-order valence-corrected chi connectivity index (χ3v) is 4.38. The number of halogens is 1. The van der Waals surface area contributed by atoms with Crippen molar-refractivity contribution in [3.8, 4) is 11.4 Å². The van der Waals surface area contributed by atoms with Gasteiger partial charge >= 0.3 is 0 Å². The molecule has 0 N–H and O–H groups in total. The Morgan fingerprint density at radius 3 is 2.74 bits per heavy atom. The first kappa shape index (κ1) is 14.4. The molecule has 4 rings (SSSR count). The third kappa shape index (κ3) is 2.44. The molecule has 3 heterocycles. The van der Waals surface area contributed by atoms with Gasteiger partial charge in [-0.25, -0.2) is 0 Å². The summed E-state index contributed by atoms with van der Waals surface area (Å²) < 4.78 is 7.25. The Morgan fingerprint density at radius 1 is 1.17 bits per heavy atom. The maximum absolute atomic E-state index is 12.5. The van der Waals surface area contributed by atoms with Gasteiger partial charge in [0.1, 0.15) is 5.82 Å². The largest absolute Gasteiger partial charge is 0.378 e. The van der Waals surface area contributed by atoms with Crippen molar-refractivity contribution in [2.24, 2.45) is 7.05 Å². The van der Waals surface area contributed by atoms with Crippen molar-refractivity contribution in [2.45, 2.75) is 0 Å². The van der Waals surface area contributed by atoms with E-state index in [0.717, 1.165) is 10.9 Å². The van der Waals surface area contributed by atoms with Gasteiger partial charge in [-0.15, -0.1) is 0 Å². The lowest BCUT2D eigenvalue weighted by atomic mass is 10.1. The number of morpholine rings is 1. The van der Waals surface area contributed by atoms with E-state index >= 15 is 0 Å². The number of pyridine rings is 1. The zero-order valence-electron chi connectivity index (χ0n) is 12.6. The fourth-order valence-electron chi connectivity index (χ4n) is 2.93. The minimum Gasteiger partial charge on any atom is -0.378 e. The molecule has 0 radical (unpaired) electrons. The van der Waals surface area contributed by atoms with Crippen LogP contribution in [0, 0.1) is 0 Å². The highest BCUT2D eigenvalue weighted by Crippen LogP contribution is 2.26. The first-order valence-electron chi connectivity index (χ1n) is 7.43. The molecule has 1 aromatic carbocycles. The molecule has 0 saturated carbocycles. The summed E-state index contributed by atoms with van der Waals surface area (Å²) >= 11 is 6.05. The Morgan fingerprint density at radius 2 is 1.96 bits per heavy atom. The lowest BCUT2D eigenvalue weighted by Gasteiger charge is -2.27. The van der Waals surface area contributed by atoms with Gasteiger partial charge in [-0.3, -0.25) is 4.79 Å². The van der Waals surface area contributed by atoms with Gasteiger partial charge in [0.15, 0.2) is 0 Å². The van der Waals surface area contributed by atoms with Crippen LogP contribution in [0.5, 0.6) is 0 Å². The van der Waals surface area contributed by atoms with Gasteiger partial charge in [0.25, 0.3) is 5.56 Å². The van der Waals surface area contributed by atoms with E-state index in [1.165, 1.54) is 0 Å². The number of anilines is 1. The molecule has 0 spiro atoms. The number of nitrogens with zero attached hydrogens (tertiary/aromatic N) is 4. The second kappa shape index (κ2) is 5.47. The quantitative estimate of drug-likeness (QED) is 0.638. The van der Waals surface area contributed by atoms with Crippen molar-refractivity contribution in [3.05, 3.63) is 39.6 Å². The van der Waals surface area contributed by atoms with E-state index in [9.17, 15) is 4.79 Å². The molecule has 118 valence electrons. The van der Waals surface area contributed by atoms with E-state index < -0.39 is 0 Å². The molecular weight excluding hydrogens is 316 g/mol. The van der Waals surface area contributed by atoms with Crippen LogP contribution in [-0.2, 0) is 11.8 Å². The molecule has 7 heteroatoms. The molecule has 0 aromatic heterocycles. The molecule has 6 nitrogen and oxygen atoms in total. The van der Waals surface area contributed by atoms with Gasteiger partial charge in [0.05, 0.1) is 18.8 Å². The molecule has 0 unspecified atom stereocenters. The minimum atomic E-state index is -0.269. The van der Waals surface area contributed by atoms with Crippen molar-refractivity contribution < 1.29 is 4.74 Å². The number of aromatic nitrogens is 3.